The number of fused-ring (bicyclic) bond motifs is 2. The third-order valence-electron chi connectivity index (χ3n) is 6.98. The largest absolute Gasteiger partial charge is 0.494 e. The van der Waals surface area contributed by atoms with Crippen LogP contribution in [0.25, 0.3) is 33.1 Å². The molecule has 0 atom stereocenters. The van der Waals surface area contributed by atoms with E-state index in [4.69, 9.17) is 15.0 Å². The Kier molecular flexibility index (Phi) is 7.31. The molecule has 0 radical (unpaired) electrons. The van der Waals surface area contributed by atoms with Crippen LogP contribution >= 0.6 is 0 Å². The average molecular weight is 472 g/mol. The van der Waals surface area contributed by atoms with Crippen LogP contribution in [0.5, 0.6) is 0 Å². The molecule has 0 aliphatic carbocycles. The van der Waals surface area contributed by atoms with E-state index in [0.29, 0.717) is 6.54 Å². The van der Waals surface area contributed by atoms with Crippen molar-refractivity contribution in [2.75, 3.05) is 6.54 Å². The molecule has 2 aromatic carbocycles. The van der Waals surface area contributed by atoms with E-state index in [2.05, 4.69) is 85.1 Å². The van der Waals surface area contributed by atoms with E-state index in [1.165, 1.54) is 5.39 Å². The molecule has 1 aliphatic rings. The molecule has 1 aliphatic heterocycles. The van der Waals surface area contributed by atoms with E-state index < -0.39 is 0 Å². The fourth-order valence-corrected chi connectivity index (χ4v) is 4.23. The van der Waals surface area contributed by atoms with Gasteiger partial charge in [-0.05, 0) is 81.0 Å². The lowest BCUT2D eigenvalue weighted by molar-refractivity contribution is 0.00578. The molecule has 184 valence electrons. The van der Waals surface area contributed by atoms with Gasteiger partial charge in [0.15, 0.2) is 5.65 Å². The van der Waals surface area contributed by atoms with Gasteiger partial charge in [0.05, 0.1) is 16.7 Å². The van der Waals surface area contributed by atoms with Gasteiger partial charge in [0, 0.05) is 18.2 Å². The number of aromatic amines is 1. The van der Waals surface area contributed by atoms with Gasteiger partial charge in [-0.2, -0.15) is 0 Å². The predicted molar refractivity (Wildman–Crippen MR) is 146 cm³/mol. The molecule has 35 heavy (non-hydrogen) atoms. The zero-order valence-corrected chi connectivity index (χ0v) is 21.8. The van der Waals surface area contributed by atoms with Crippen molar-refractivity contribution in [1.29, 1.82) is 0 Å². The highest BCUT2D eigenvalue weighted by atomic mass is 16.7. The molecule has 7 heteroatoms. The molecular formula is C28H37BN4O2. The third-order valence-corrected chi connectivity index (χ3v) is 6.98. The summed E-state index contributed by atoms with van der Waals surface area (Å²) in [6, 6.07) is 15.0. The monoisotopic (exact) mass is 472 g/mol. The molecular weight excluding hydrogens is 435 g/mol. The van der Waals surface area contributed by atoms with Crippen LogP contribution in [0.2, 0.25) is 0 Å². The first-order valence-corrected chi connectivity index (χ1v) is 12.7. The number of rotatable bonds is 6. The fourth-order valence-electron chi connectivity index (χ4n) is 4.23. The topological polar surface area (TPSA) is 86.0 Å². The molecule has 3 heterocycles. The van der Waals surface area contributed by atoms with Gasteiger partial charge < -0.3 is 20.0 Å². The van der Waals surface area contributed by atoms with Crippen molar-refractivity contribution in [1.82, 2.24) is 15.0 Å². The molecule has 1 fully saturated rings. The summed E-state index contributed by atoms with van der Waals surface area (Å²) >= 11 is 0. The van der Waals surface area contributed by atoms with E-state index in [1.54, 1.807) is 0 Å². The summed E-state index contributed by atoms with van der Waals surface area (Å²) in [6.07, 6.45) is 4.82. The van der Waals surface area contributed by atoms with Crippen LogP contribution in [0.4, 0.5) is 0 Å². The van der Waals surface area contributed by atoms with Crippen molar-refractivity contribution in [2.24, 2.45) is 5.73 Å². The van der Waals surface area contributed by atoms with Crippen LogP contribution in [0.1, 0.15) is 60.2 Å². The van der Waals surface area contributed by atoms with Crippen LogP contribution in [0.15, 0.2) is 48.7 Å². The molecule has 6 nitrogen and oxygen atoms in total. The minimum atomic E-state index is -0.356. The number of imidazole rings is 1. The van der Waals surface area contributed by atoms with E-state index >= 15 is 0 Å². The minimum absolute atomic E-state index is 0.348. The zero-order chi connectivity index (χ0) is 25.2. The van der Waals surface area contributed by atoms with Gasteiger partial charge in [-0.25, -0.2) is 9.97 Å². The number of nitrogens with one attached hydrogen (secondary N) is 1. The lowest BCUT2D eigenvalue weighted by Crippen LogP contribution is -2.41. The van der Waals surface area contributed by atoms with Crippen molar-refractivity contribution in [3.05, 3.63) is 54.5 Å². The van der Waals surface area contributed by atoms with Crippen LogP contribution < -0.4 is 11.2 Å². The lowest BCUT2D eigenvalue weighted by Gasteiger charge is -2.32. The summed E-state index contributed by atoms with van der Waals surface area (Å²) in [5, 5.41) is 2.32. The second kappa shape index (κ2) is 10.1. The SMILES string of the molecule is CC.CC1(C)OB(c2ccc3cc(-c4cnc5nc(CCCCN)[nH]c5c4)ccc3c2)OC1(C)C. The van der Waals surface area contributed by atoms with Crippen LogP contribution in [0, 0.1) is 0 Å². The fraction of sp³-hybridized carbons (Fsp3) is 0.429. The van der Waals surface area contributed by atoms with Crippen LogP contribution in [0.3, 0.4) is 0 Å². The first-order chi connectivity index (χ1) is 16.8. The number of H-pyrrole nitrogens is 1. The highest BCUT2D eigenvalue weighted by molar-refractivity contribution is 6.62. The number of hydrogen-bond acceptors (Lipinski definition) is 5. The second-order valence-corrected chi connectivity index (χ2v) is 9.93. The number of nitrogens with two attached hydrogens (primary N) is 1. The third kappa shape index (κ3) is 5.13. The van der Waals surface area contributed by atoms with Crippen molar-refractivity contribution < 1.29 is 9.31 Å². The highest BCUT2D eigenvalue weighted by Gasteiger charge is 2.51. The Bertz CT molecular complexity index is 1300. The number of aromatic nitrogens is 3. The quantitative estimate of drug-likeness (QED) is 0.291. The summed E-state index contributed by atoms with van der Waals surface area (Å²) in [5.74, 6) is 0.969. The Morgan fingerprint density at radius 3 is 2.29 bits per heavy atom. The van der Waals surface area contributed by atoms with Gasteiger partial charge in [-0.1, -0.05) is 44.2 Å². The molecule has 0 spiro atoms. The Hall–Kier alpha value is -2.74. The Morgan fingerprint density at radius 1 is 0.886 bits per heavy atom. The van der Waals surface area contributed by atoms with Gasteiger partial charge in [0.2, 0.25) is 0 Å². The number of unbranched alkanes of at least 4 members (excludes halogenated alkanes) is 1. The zero-order valence-electron chi connectivity index (χ0n) is 21.8. The Morgan fingerprint density at radius 2 is 1.57 bits per heavy atom. The summed E-state index contributed by atoms with van der Waals surface area (Å²) < 4.78 is 12.4. The number of hydrogen-bond donors (Lipinski definition) is 2. The molecule has 5 rings (SSSR count). The van der Waals surface area contributed by atoms with Crippen molar-refractivity contribution in [3.8, 4) is 11.1 Å². The van der Waals surface area contributed by atoms with Gasteiger partial charge in [0.1, 0.15) is 5.82 Å². The van der Waals surface area contributed by atoms with Crippen molar-refractivity contribution in [2.45, 2.75) is 72.0 Å². The average Bonchev–Trinajstić information content (AvgIpc) is 3.35. The molecule has 1 saturated heterocycles. The maximum Gasteiger partial charge on any atom is 0.494 e. The Labute approximate surface area is 208 Å². The summed E-state index contributed by atoms with van der Waals surface area (Å²) in [4.78, 5) is 12.6. The first kappa shape index (κ1) is 25.4. The highest BCUT2D eigenvalue weighted by Crippen LogP contribution is 2.36. The van der Waals surface area contributed by atoms with E-state index in [9.17, 15) is 0 Å². The van der Waals surface area contributed by atoms with Crippen LogP contribution in [-0.4, -0.2) is 39.8 Å². The molecule has 2 aromatic heterocycles. The maximum absolute atomic E-state index is 6.22. The standard InChI is InChI=1S/C26H31BN4O2.C2H6/c1-25(2)26(3,4)33-27(32-25)21-11-10-17-13-18(8-9-19(17)14-21)20-15-22-24(29-16-20)31-23(30-22)7-5-6-12-28;1-2/h8-11,13-16H,5-7,12,28H2,1-4H3,(H,29,30,31);1-2H3. The second-order valence-electron chi connectivity index (χ2n) is 9.93. The van der Waals surface area contributed by atoms with Gasteiger partial charge in [-0.3, -0.25) is 0 Å². The Balaban J connectivity index is 0.00000141. The number of nitrogens with zero attached hydrogens (tertiary/aromatic N) is 2. The lowest BCUT2D eigenvalue weighted by atomic mass is 9.78. The molecule has 0 amide bonds. The van der Waals surface area contributed by atoms with E-state index in [-0.39, 0.29) is 18.3 Å². The molecule has 0 bridgehead atoms. The van der Waals surface area contributed by atoms with Crippen molar-refractivity contribution >= 4 is 34.5 Å². The predicted octanol–water partition coefficient (Wildman–Crippen LogP) is 5.38. The normalized spacial score (nSPS) is 16.5. The molecule has 0 saturated carbocycles. The van der Waals surface area contributed by atoms with Gasteiger partial charge in [-0.15, -0.1) is 0 Å². The van der Waals surface area contributed by atoms with E-state index in [1.807, 2.05) is 20.0 Å². The van der Waals surface area contributed by atoms with Crippen molar-refractivity contribution in [3.63, 3.8) is 0 Å². The summed E-state index contributed by atoms with van der Waals surface area (Å²) in [6.45, 7) is 13.0. The minimum Gasteiger partial charge on any atom is -0.399 e. The van der Waals surface area contributed by atoms with E-state index in [0.717, 1.165) is 58.2 Å². The van der Waals surface area contributed by atoms with Gasteiger partial charge >= 0.3 is 7.12 Å². The maximum atomic E-state index is 6.22. The molecule has 4 aromatic rings. The summed E-state index contributed by atoms with van der Waals surface area (Å²) in [7, 11) is -0.356. The van der Waals surface area contributed by atoms with Crippen LogP contribution in [-0.2, 0) is 15.7 Å². The first-order valence-electron chi connectivity index (χ1n) is 12.7. The summed E-state index contributed by atoms with van der Waals surface area (Å²) in [5.41, 5.74) is 9.85. The smallest absolute Gasteiger partial charge is 0.399 e. The molecule has 3 N–H and O–H groups in total. The number of benzene rings is 2. The van der Waals surface area contributed by atoms with Gasteiger partial charge in [0.25, 0.3) is 0 Å². The number of pyridine rings is 1. The molecule has 0 unspecified atom stereocenters. The number of aryl methyl sites for hydroxylation is 1.